The van der Waals surface area contributed by atoms with Crippen molar-refractivity contribution in [3.05, 3.63) is 39.4 Å². The summed E-state index contributed by atoms with van der Waals surface area (Å²) < 4.78 is 8.85. The fourth-order valence-electron chi connectivity index (χ4n) is 1.02. The van der Waals surface area contributed by atoms with Crippen molar-refractivity contribution in [2.24, 2.45) is 0 Å². The molecule has 0 N–H and O–H groups in total. The van der Waals surface area contributed by atoms with Crippen molar-refractivity contribution in [1.29, 1.82) is 0 Å². The summed E-state index contributed by atoms with van der Waals surface area (Å²) >= 11 is 6.57. The summed E-state index contributed by atoms with van der Waals surface area (Å²) in [5.41, 5.74) is 0. The first-order valence-electron chi connectivity index (χ1n) is 3.66. The molecule has 2 aromatic rings. The van der Waals surface area contributed by atoms with Crippen molar-refractivity contribution in [3.63, 3.8) is 0 Å². The van der Waals surface area contributed by atoms with Gasteiger partial charge >= 0.3 is 0 Å². The summed E-state index contributed by atoms with van der Waals surface area (Å²) in [5.74, 6) is 0.877. The molecule has 0 aromatic carbocycles. The van der Waals surface area contributed by atoms with Gasteiger partial charge in [-0.1, -0.05) is 0 Å². The maximum Gasteiger partial charge on any atom is 0.169 e. The Kier molecular flexibility index (Phi) is 2.55. The van der Waals surface area contributed by atoms with E-state index in [2.05, 4.69) is 37.0 Å². The summed E-state index contributed by atoms with van der Waals surface area (Å²) in [7, 11) is 0. The quantitative estimate of drug-likeness (QED) is 0.854. The average Bonchev–Trinajstić information content (AvgIpc) is 2.62. The van der Waals surface area contributed by atoms with E-state index in [1.165, 1.54) is 0 Å². The van der Waals surface area contributed by atoms with Gasteiger partial charge in [0.15, 0.2) is 4.67 Å². The lowest BCUT2D eigenvalue weighted by atomic mass is 10.4. The van der Waals surface area contributed by atoms with Crippen molar-refractivity contribution in [3.8, 4) is 0 Å². The Bertz CT molecular complexity index is 369. The Morgan fingerprint density at radius 1 is 1.38 bits per heavy atom. The molecule has 0 saturated carbocycles. The van der Waals surface area contributed by atoms with Crippen molar-refractivity contribution < 1.29 is 4.42 Å². The van der Waals surface area contributed by atoms with Crippen LogP contribution in [0.1, 0.15) is 5.76 Å². The van der Waals surface area contributed by atoms with Crippen molar-refractivity contribution in [2.75, 3.05) is 0 Å². The predicted octanol–water partition coefficient (Wildman–Crippen LogP) is 3.05. The molecule has 0 aliphatic heterocycles. The van der Waals surface area contributed by atoms with Crippen LogP contribution in [0.2, 0.25) is 0 Å². The Morgan fingerprint density at radius 3 is 2.77 bits per heavy atom. The van der Waals surface area contributed by atoms with E-state index in [0.717, 1.165) is 14.9 Å². The van der Waals surface area contributed by atoms with E-state index in [-0.39, 0.29) is 0 Å². The molecule has 3 nitrogen and oxygen atoms in total. The zero-order valence-corrected chi connectivity index (χ0v) is 9.75. The smallest absolute Gasteiger partial charge is 0.169 e. The number of hydrogen-bond donors (Lipinski definition) is 0. The minimum Gasteiger partial charge on any atom is -0.452 e. The molecule has 2 aromatic heterocycles. The van der Waals surface area contributed by atoms with Crippen molar-refractivity contribution in [2.45, 2.75) is 6.54 Å². The highest BCUT2D eigenvalue weighted by Crippen LogP contribution is 2.15. The molecule has 2 heterocycles. The number of aromatic nitrogens is 2. The molecule has 0 radical (unpaired) electrons. The van der Waals surface area contributed by atoms with Crippen LogP contribution in [0.25, 0.3) is 0 Å². The van der Waals surface area contributed by atoms with Gasteiger partial charge < -0.3 is 4.42 Å². The topological polar surface area (TPSA) is 31.0 Å². The SMILES string of the molecule is Brc1cnn(Cc2ccc(Br)o2)c1. The van der Waals surface area contributed by atoms with E-state index in [1.54, 1.807) is 10.9 Å². The minimum absolute atomic E-state index is 0.650. The number of nitrogens with zero attached hydrogens (tertiary/aromatic N) is 2. The molecule has 0 amide bonds. The highest BCUT2D eigenvalue weighted by molar-refractivity contribution is 9.10. The van der Waals surface area contributed by atoms with Gasteiger partial charge in [-0.05, 0) is 44.0 Å². The number of halogens is 2. The van der Waals surface area contributed by atoms with Crippen molar-refractivity contribution >= 4 is 31.9 Å². The summed E-state index contributed by atoms with van der Waals surface area (Å²) in [6.45, 7) is 0.650. The van der Waals surface area contributed by atoms with E-state index in [0.29, 0.717) is 6.54 Å². The normalized spacial score (nSPS) is 10.6. The Labute approximate surface area is 92.0 Å². The van der Waals surface area contributed by atoms with Crippen LogP contribution in [0, 0.1) is 0 Å². The molecule has 0 fully saturated rings. The molecular formula is C8H6Br2N2O. The van der Waals surface area contributed by atoms with Crippen LogP contribution in [-0.4, -0.2) is 9.78 Å². The maximum absolute atomic E-state index is 5.34. The molecule has 0 unspecified atom stereocenters. The van der Waals surface area contributed by atoms with Crippen LogP contribution in [0.15, 0.2) is 38.1 Å². The largest absolute Gasteiger partial charge is 0.452 e. The van der Waals surface area contributed by atoms with Crippen LogP contribution < -0.4 is 0 Å². The lowest BCUT2D eigenvalue weighted by Gasteiger charge is -1.95. The molecule has 13 heavy (non-hydrogen) atoms. The van der Waals surface area contributed by atoms with Gasteiger partial charge in [-0.15, -0.1) is 0 Å². The lowest BCUT2D eigenvalue weighted by Crippen LogP contribution is -1.97. The fourth-order valence-corrected chi connectivity index (χ4v) is 1.69. The molecule has 0 atom stereocenters. The maximum atomic E-state index is 5.34. The molecule has 5 heteroatoms. The zero-order chi connectivity index (χ0) is 9.26. The van der Waals surface area contributed by atoms with Crippen LogP contribution in [-0.2, 0) is 6.54 Å². The predicted molar refractivity (Wildman–Crippen MR) is 55.4 cm³/mol. The highest BCUT2D eigenvalue weighted by atomic mass is 79.9. The average molecular weight is 306 g/mol. The summed E-state index contributed by atoms with van der Waals surface area (Å²) in [5, 5.41) is 4.11. The highest BCUT2D eigenvalue weighted by Gasteiger charge is 2.01. The molecule has 68 valence electrons. The second-order valence-corrected chi connectivity index (χ2v) is 4.26. The third kappa shape index (κ3) is 2.22. The van der Waals surface area contributed by atoms with Gasteiger partial charge in [0.25, 0.3) is 0 Å². The van der Waals surface area contributed by atoms with E-state index in [4.69, 9.17) is 4.42 Å². The van der Waals surface area contributed by atoms with Gasteiger partial charge in [0.05, 0.1) is 17.2 Å². The molecular weight excluding hydrogens is 300 g/mol. The summed E-state index contributed by atoms with van der Waals surface area (Å²) in [6.07, 6.45) is 3.65. The van der Waals surface area contributed by atoms with Gasteiger partial charge in [-0.2, -0.15) is 5.10 Å². The molecule has 2 rings (SSSR count). The van der Waals surface area contributed by atoms with Gasteiger partial charge in [0, 0.05) is 6.20 Å². The van der Waals surface area contributed by atoms with E-state index < -0.39 is 0 Å². The molecule has 0 saturated heterocycles. The van der Waals surface area contributed by atoms with Crippen LogP contribution in [0.4, 0.5) is 0 Å². The molecule has 0 aliphatic rings. The minimum atomic E-state index is 0.650. The second kappa shape index (κ2) is 3.67. The van der Waals surface area contributed by atoms with Crippen molar-refractivity contribution in [1.82, 2.24) is 9.78 Å². The van der Waals surface area contributed by atoms with Gasteiger partial charge in [0.2, 0.25) is 0 Å². The molecule has 0 spiro atoms. The fraction of sp³-hybridized carbons (Fsp3) is 0.125. The number of furan rings is 1. The first-order chi connectivity index (χ1) is 6.24. The van der Waals surface area contributed by atoms with Gasteiger partial charge in [-0.25, -0.2) is 0 Å². The molecule has 0 aliphatic carbocycles. The van der Waals surface area contributed by atoms with E-state index in [1.807, 2.05) is 18.3 Å². The third-order valence-corrected chi connectivity index (χ3v) is 2.38. The Balaban J connectivity index is 2.14. The number of rotatable bonds is 2. The first-order valence-corrected chi connectivity index (χ1v) is 5.25. The van der Waals surface area contributed by atoms with E-state index >= 15 is 0 Å². The lowest BCUT2D eigenvalue weighted by molar-refractivity contribution is 0.462. The third-order valence-electron chi connectivity index (χ3n) is 1.55. The zero-order valence-electron chi connectivity index (χ0n) is 6.58. The first kappa shape index (κ1) is 9.02. The van der Waals surface area contributed by atoms with Crippen LogP contribution >= 0.6 is 31.9 Å². The van der Waals surface area contributed by atoms with Gasteiger partial charge in [-0.3, -0.25) is 4.68 Å². The van der Waals surface area contributed by atoms with Crippen LogP contribution in [0.5, 0.6) is 0 Å². The number of hydrogen-bond acceptors (Lipinski definition) is 2. The van der Waals surface area contributed by atoms with E-state index in [9.17, 15) is 0 Å². The summed E-state index contributed by atoms with van der Waals surface area (Å²) in [6, 6.07) is 3.79. The standard InChI is InChI=1S/C8H6Br2N2O/c9-6-3-11-12(4-6)5-7-1-2-8(10)13-7/h1-4H,5H2. The monoisotopic (exact) mass is 304 g/mol. The van der Waals surface area contributed by atoms with Gasteiger partial charge in [0.1, 0.15) is 5.76 Å². The van der Waals surface area contributed by atoms with Crippen LogP contribution in [0.3, 0.4) is 0 Å². The second-order valence-electron chi connectivity index (χ2n) is 2.56. The Morgan fingerprint density at radius 2 is 2.23 bits per heavy atom. The molecule has 0 bridgehead atoms. The Hall–Kier alpha value is -0.550. The summed E-state index contributed by atoms with van der Waals surface area (Å²) in [4.78, 5) is 0.